The molecule has 0 spiro atoms. The number of carbonyl (C=O) groups is 3. The summed E-state index contributed by atoms with van der Waals surface area (Å²) < 4.78 is 34.7. The van der Waals surface area contributed by atoms with E-state index in [1.165, 1.54) is 11.1 Å². The van der Waals surface area contributed by atoms with Crippen LogP contribution in [0.3, 0.4) is 0 Å². The third kappa shape index (κ3) is 17.3. The van der Waals surface area contributed by atoms with Gasteiger partial charge in [0.25, 0.3) is 0 Å². The standard InChI is InChI=1S/C50H74N2O10/c1-33(2)45(28-53)59-31-43(29-57-41-23-15-37(16-24-41)49(5,6)7)61-47(55)51-39-19-11-35(12-20-39)27-36-13-21-40(22-14-36)52-48(56)62-44(32-60-46(54)34(3)4)30-58-42-25-17-38(18-26-42)50(8,9)10/h15-18,23-26,35-36,39-40,43-45,53H,1,3,11-14,19-22,27-32H2,2,4-10H3,(H,51,55)(H,52,56). The highest BCUT2D eigenvalue weighted by molar-refractivity contribution is 5.86. The van der Waals surface area contributed by atoms with Gasteiger partial charge < -0.3 is 44.2 Å². The molecule has 2 saturated carbocycles. The van der Waals surface area contributed by atoms with E-state index in [9.17, 15) is 19.5 Å². The molecule has 62 heavy (non-hydrogen) atoms. The van der Waals surface area contributed by atoms with Crippen LogP contribution in [-0.4, -0.2) is 86.7 Å². The van der Waals surface area contributed by atoms with Crippen LogP contribution >= 0.6 is 0 Å². The Hall–Kier alpha value is -4.55. The highest BCUT2D eigenvalue weighted by Gasteiger charge is 2.30. The van der Waals surface area contributed by atoms with Gasteiger partial charge in [-0.2, -0.15) is 0 Å². The van der Waals surface area contributed by atoms with Crippen molar-refractivity contribution in [1.82, 2.24) is 10.6 Å². The van der Waals surface area contributed by atoms with Crippen molar-refractivity contribution in [2.24, 2.45) is 11.8 Å². The average molecular weight is 863 g/mol. The predicted molar refractivity (Wildman–Crippen MR) is 242 cm³/mol. The SMILES string of the molecule is C=C(C)C(=O)OCC(COc1ccc(C(C)(C)C)cc1)OC(=O)NC1CCC(CC2CCC(NC(=O)OC(COc3ccc(C(C)(C)C)cc3)COC(CO)C(=C)C)CC2)CC1. The maximum atomic E-state index is 13.1. The minimum Gasteiger partial charge on any atom is -0.490 e. The summed E-state index contributed by atoms with van der Waals surface area (Å²) in [5, 5.41) is 15.8. The minimum absolute atomic E-state index is 0.00172. The zero-order valence-electron chi connectivity index (χ0n) is 38.6. The van der Waals surface area contributed by atoms with Gasteiger partial charge >= 0.3 is 18.2 Å². The van der Waals surface area contributed by atoms with Gasteiger partial charge in [0.1, 0.15) is 37.4 Å². The van der Waals surface area contributed by atoms with Crippen LogP contribution in [0.2, 0.25) is 0 Å². The van der Waals surface area contributed by atoms with E-state index in [1.807, 2.05) is 48.5 Å². The molecule has 3 unspecified atom stereocenters. The Morgan fingerprint density at radius 3 is 1.40 bits per heavy atom. The third-order valence-electron chi connectivity index (χ3n) is 11.8. The van der Waals surface area contributed by atoms with Gasteiger partial charge in [-0.1, -0.05) is 79.0 Å². The Morgan fingerprint density at radius 2 is 1.05 bits per heavy atom. The Kier molecular flexibility index (Phi) is 19.2. The summed E-state index contributed by atoms with van der Waals surface area (Å²) in [6, 6.07) is 15.7. The number of carbonyl (C=O) groups excluding carboxylic acids is 3. The number of nitrogens with one attached hydrogen (secondary N) is 2. The lowest BCUT2D eigenvalue weighted by atomic mass is 9.76. The molecule has 12 heteroatoms. The van der Waals surface area contributed by atoms with Crippen LogP contribution in [0.25, 0.3) is 0 Å². The molecule has 0 aromatic heterocycles. The molecular formula is C50H74N2O10. The van der Waals surface area contributed by atoms with E-state index < -0.39 is 36.5 Å². The zero-order valence-corrected chi connectivity index (χ0v) is 38.6. The number of benzene rings is 2. The van der Waals surface area contributed by atoms with Gasteiger partial charge in [-0.05, 0) is 135 Å². The van der Waals surface area contributed by atoms with Crippen molar-refractivity contribution in [3.63, 3.8) is 0 Å². The van der Waals surface area contributed by atoms with Gasteiger partial charge in [-0.3, -0.25) is 0 Å². The Labute approximate surface area is 370 Å². The molecule has 2 aliphatic rings. The van der Waals surface area contributed by atoms with Crippen LogP contribution in [0.5, 0.6) is 11.5 Å². The second kappa shape index (κ2) is 23.8. The molecule has 0 aliphatic heterocycles. The first-order chi connectivity index (χ1) is 29.3. The lowest BCUT2D eigenvalue weighted by Crippen LogP contribution is -2.42. The molecule has 2 amide bonds. The van der Waals surface area contributed by atoms with Crippen LogP contribution in [0.1, 0.15) is 124 Å². The van der Waals surface area contributed by atoms with Crippen molar-refractivity contribution in [3.8, 4) is 11.5 Å². The van der Waals surface area contributed by atoms with Gasteiger partial charge in [-0.15, -0.1) is 0 Å². The summed E-state index contributed by atoms with van der Waals surface area (Å²) in [6.07, 6.45) is 5.52. The first-order valence-corrected chi connectivity index (χ1v) is 22.4. The third-order valence-corrected chi connectivity index (χ3v) is 11.8. The minimum atomic E-state index is -0.804. The fourth-order valence-electron chi connectivity index (χ4n) is 7.84. The van der Waals surface area contributed by atoms with Crippen LogP contribution < -0.4 is 20.1 Å². The molecule has 4 rings (SSSR count). The molecule has 3 atom stereocenters. The quantitative estimate of drug-likeness (QED) is 0.0508. The Morgan fingerprint density at radius 1 is 0.645 bits per heavy atom. The van der Waals surface area contributed by atoms with E-state index in [-0.39, 0.29) is 61.5 Å². The second-order valence-electron chi connectivity index (χ2n) is 19.4. The number of hydrogen-bond acceptors (Lipinski definition) is 10. The van der Waals surface area contributed by atoms with Crippen molar-refractivity contribution < 1.29 is 47.9 Å². The number of esters is 1. The Balaban J connectivity index is 1.18. The summed E-state index contributed by atoms with van der Waals surface area (Å²) in [7, 11) is 0. The number of amides is 2. The van der Waals surface area contributed by atoms with Gasteiger partial charge in [0.2, 0.25) is 0 Å². The van der Waals surface area contributed by atoms with Crippen molar-refractivity contribution >= 4 is 18.2 Å². The lowest BCUT2D eigenvalue weighted by molar-refractivity contribution is -0.142. The fourth-order valence-corrected chi connectivity index (χ4v) is 7.84. The van der Waals surface area contributed by atoms with Crippen molar-refractivity contribution in [2.75, 3.05) is 33.0 Å². The number of alkyl carbamates (subject to hydrolysis) is 2. The number of aliphatic hydroxyl groups is 1. The van der Waals surface area contributed by atoms with Crippen molar-refractivity contribution in [2.45, 2.75) is 154 Å². The average Bonchev–Trinajstić information content (AvgIpc) is 3.21. The van der Waals surface area contributed by atoms with E-state index in [0.29, 0.717) is 28.9 Å². The summed E-state index contributed by atoms with van der Waals surface area (Å²) in [5.74, 6) is 1.89. The number of hydrogen-bond donors (Lipinski definition) is 3. The van der Waals surface area contributed by atoms with E-state index in [0.717, 1.165) is 57.8 Å². The zero-order chi connectivity index (χ0) is 45.5. The van der Waals surface area contributed by atoms with Crippen LogP contribution in [-0.2, 0) is 34.6 Å². The summed E-state index contributed by atoms with van der Waals surface area (Å²) >= 11 is 0. The van der Waals surface area contributed by atoms with E-state index in [4.69, 9.17) is 28.4 Å². The van der Waals surface area contributed by atoms with Gasteiger partial charge in [-0.25, -0.2) is 14.4 Å². The van der Waals surface area contributed by atoms with Gasteiger partial charge in [0.15, 0.2) is 12.2 Å². The Bertz CT molecular complexity index is 1730. The predicted octanol–water partition coefficient (Wildman–Crippen LogP) is 9.51. The number of rotatable bonds is 20. The number of ether oxygens (including phenoxy) is 6. The first-order valence-electron chi connectivity index (χ1n) is 22.4. The fraction of sp³-hybridized carbons (Fsp3) is 0.620. The molecule has 3 N–H and O–H groups in total. The van der Waals surface area contributed by atoms with Crippen LogP contribution in [0.15, 0.2) is 72.8 Å². The molecule has 344 valence electrons. The van der Waals surface area contributed by atoms with E-state index >= 15 is 0 Å². The van der Waals surface area contributed by atoms with E-state index in [2.05, 4.69) is 65.3 Å². The lowest BCUT2D eigenvalue weighted by Gasteiger charge is -2.34. The molecule has 2 fully saturated rings. The van der Waals surface area contributed by atoms with Gasteiger partial charge in [0.05, 0.1) is 13.2 Å². The molecule has 2 aromatic rings. The molecule has 0 heterocycles. The molecule has 2 aliphatic carbocycles. The highest BCUT2D eigenvalue weighted by atomic mass is 16.6. The summed E-state index contributed by atoms with van der Waals surface area (Å²) in [4.78, 5) is 38.3. The smallest absolute Gasteiger partial charge is 0.407 e. The monoisotopic (exact) mass is 863 g/mol. The molecule has 12 nitrogen and oxygen atoms in total. The van der Waals surface area contributed by atoms with Crippen LogP contribution in [0.4, 0.5) is 9.59 Å². The number of aliphatic hydroxyl groups excluding tert-OH is 1. The van der Waals surface area contributed by atoms with E-state index in [1.54, 1.807) is 13.8 Å². The maximum Gasteiger partial charge on any atom is 0.407 e. The molecular weight excluding hydrogens is 789 g/mol. The summed E-state index contributed by atoms with van der Waals surface area (Å²) in [5.41, 5.74) is 3.33. The topological polar surface area (TPSA) is 151 Å². The highest BCUT2D eigenvalue weighted by Crippen LogP contribution is 2.36. The first kappa shape index (κ1) is 50.1. The molecule has 0 radical (unpaired) electrons. The summed E-state index contributed by atoms with van der Waals surface area (Å²) in [6.45, 7) is 23.6. The molecule has 2 aromatic carbocycles. The maximum absolute atomic E-state index is 13.1. The van der Waals surface area contributed by atoms with Crippen molar-refractivity contribution in [3.05, 3.63) is 84.0 Å². The molecule has 0 saturated heterocycles. The van der Waals surface area contributed by atoms with Gasteiger partial charge in [0, 0.05) is 17.7 Å². The largest absolute Gasteiger partial charge is 0.490 e. The van der Waals surface area contributed by atoms with Crippen molar-refractivity contribution in [1.29, 1.82) is 0 Å². The second-order valence-corrected chi connectivity index (χ2v) is 19.4. The van der Waals surface area contributed by atoms with Crippen LogP contribution in [0, 0.1) is 11.8 Å². The molecule has 0 bridgehead atoms. The normalized spacial score (nSPS) is 20.7.